The first-order valence-corrected chi connectivity index (χ1v) is 9.77. The van der Waals surface area contributed by atoms with Crippen molar-refractivity contribution in [3.63, 3.8) is 0 Å². The minimum absolute atomic E-state index is 0. The Bertz CT molecular complexity index is 702. The first-order valence-electron chi connectivity index (χ1n) is 8.01. The molecule has 2 rings (SSSR count). The molecule has 129 valence electrons. The van der Waals surface area contributed by atoms with Crippen molar-refractivity contribution in [1.29, 1.82) is 0 Å². The molecule has 1 atom stereocenters. The predicted molar refractivity (Wildman–Crippen MR) is 111 cm³/mol. The summed E-state index contributed by atoms with van der Waals surface area (Å²) < 4.78 is 5.75. The first kappa shape index (κ1) is 22.6. The Morgan fingerprint density at radius 1 is 1.12 bits per heavy atom. The zero-order chi connectivity index (χ0) is 17.5. The van der Waals surface area contributed by atoms with Gasteiger partial charge in [0.05, 0.1) is 22.2 Å². The fourth-order valence-electron chi connectivity index (χ4n) is 2.31. The Balaban J connectivity index is 0.00000312. The number of halogens is 2. The Morgan fingerprint density at radius 3 is 2.40 bits per heavy atom. The zero-order valence-corrected chi connectivity index (χ0v) is 17.4. The van der Waals surface area contributed by atoms with E-state index in [1.807, 2.05) is 25.1 Å². The van der Waals surface area contributed by atoms with Gasteiger partial charge in [0.15, 0.2) is 5.52 Å². The second kappa shape index (κ2) is 11.3. The molecule has 0 heterocycles. The maximum atomic E-state index is 12.5. The summed E-state index contributed by atoms with van der Waals surface area (Å²) in [7, 11) is -0.0173. The maximum Gasteiger partial charge on any atom is 0.188 e. The Kier molecular flexibility index (Phi) is 10.2. The van der Waals surface area contributed by atoms with Gasteiger partial charge in [-0.15, -0.1) is 0 Å². The van der Waals surface area contributed by atoms with Gasteiger partial charge in [0, 0.05) is 18.9 Å². The van der Waals surface area contributed by atoms with Crippen molar-refractivity contribution in [2.24, 2.45) is 0 Å². The monoisotopic (exact) mass is 389 g/mol. The van der Waals surface area contributed by atoms with Crippen LogP contribution in [-0.2, 0) is 0 Å². The number of rotatable bonds is 8. The standard InChI is InChI=1S/C19H21Cl2O2P.Li/c1-3-4-5-11-23-14-9-10-17(13(2)12-14)24-19(22)18-15(20)7-6-8-16(18)21;/h6-10,12,24H,3-5,11H2,1-2H3;. The molecule has 0 saturated heterocycles. The third kappa shape index (κ3) is 6.63. The summed E-state index contributed by atoms with van der Waals surface area (Å²) in [6.45, 7) is 4.88. The average molecular weight is 390 g/mol. The van der Waals surface area contributed by atoms with Crippen LogP contribution < -0.4 is 10.0 Å². The van der Waals surface area contributed by atoms with Gasteiger partial charge in [0.2, 0.25) is 0 Å². The van der Waals surface area contributed by atoms with E-state index in [1.165, 1.54) is 12.8 Å². The SMILES string of the molecule is CCCCCOc1ccc(PC(=O)c2c(Cl)cccc2Cl)c(C)c1.[Li]. The summed E-state index contributed by atoms with van der Waals surface area (Å²) in [5, 5.41) is 1.78. The van der Waals surface area contributed by atoms with Crippen molar-refractivity contribution in [2.45, 2.75) is 33.1 Å². The third-order valence-corrected chi connectivity index (χ3v) is 5.59. The van der Waals surface area contributed by atoms with Crippen molar-refractivity contribution in [3.8, 4) is 5.75 Å². The van der Waals surface area contributed by atoms with Crippen LogP contribution in [0.5, 0.6) is 5.75 Å². The molecule has 0 N–H and O–H groups in total. The van der Waals surface area contributed by atoms with Crippen LogP contribution in [0.25, 0.3) is 0 Å². The van der Waals surface area contributed by atoms with Crippen molar-refractivity contribution < 1.29 is 9.53 Å². The van der Waals surface area contributed by atoms with Crippen molar-refractivity contribution in [3.05, 3.63) is 57.6 Å². The number of ether oxygens (including phenoxy) is 1. The van der Waals surface area contributed by atoms with E-state index >= 15 is 0 Å². The minimum atomic E-state index is -0.0506. The van der Waals surface area contributed by atoms with E-state index in [4.69, 9.17) is 27.9 Å². The van der Waals surface area contributed by atoms with Gasteiger partial charge in [-0.25, -0.2) is 0 Å². The molecule has 6 heteroatoms. The average Bonchev–Trinajstić information content (AvgIpc) is 2.54. The van der Waals surface area contributed by atoms with Crippen molar-refractivity contribution in [1.82, 2.24) is 0 Å². The molecule has 2 nitrogen and oxygen atoms in total. The molecule has 0 aliphatic carbocycles. The van der Waals surface area contributed by atoms with Gasteiger partial charge in [-0.2, -0.15) is 0 Å². The number of hydrogen-bond donors (Lipinski definition) is 0. The zero-order valence-electron chi connectivity index (χ0n) is 14.9. The first-order chi connectivity index (χ1) is 11.5. The van der Waals surface area contributed by atoms with Gasteiger partial charge in [-0.3, -0.25) is 4.79 Å². The summed E-state index contributed by atoms with van der Waals surface area (Å²) in [5.74, 6) is 0.848. The topological polar surface area (TPSA) is 26.3 Å². The van der Waals surface area contributed by atoms with Crippen LogP contribution in [0.15, 0.2) is 36.4 Å². The molecule has 0 fully saturated rings. The van der Waals surface area contributed by atoms with Gasteiger partial charge in [0.1, 0.15) is 5.75 Å². The molecule has 2 aromatic rings. The van der Waals surface area contributed by atoms with Gasteiger partial charge < -0.3 is 4.74 Å². The van der Waals surface area contributed by atoms with Crippen LogP contribution >= 0.6 is 31.8 Å². The summed E-state index contributed by atoms with van der Waals surface area (Å²) in [6, 6.07) is 11.0. The molecule has 0 aliphatic heterocycles. The van der Waals surface area contributed by atoms with E-state index in [2.05, 4.69) is 6.92 Å². The van der Waals surface area contributed by atoms with Crippen LogP contribution in [0.2, 0.25) is 10.0 Å². The number of carbonyl (C=O) groups excluding carboxylic acids is 1. The molecular formula is C19H21Cl2LiO2P. The van der Waals surface area contributed by atoms with E-state index in [1.54, 1.807) is 18.2 Å². The molecule has 0 spiro atoms. The van der Waals surface area contributed by atoms with E-state index in [-0.39, 0.29) is 33.0 Å². The molecule has 25 heavy (non-hydrogen) atoms. The predicted octanol–water partition coefficient (Wildman–Crippen LogP) is 5.63. The Hall–Kier alpha value is -0.483. The number of aryl methyl sites for hydroxylation is 1. The smallest absolute Gasteiger partial charge is 0.188 e. The molecule has 0 aromatic heterocycles. The van der Waals surface area contributed by atoms with Crippen LogP contribution in [0.4, 0.5) is 0 Å². The maximum absolute atomic E-state index is 12.5. The number of unbranched alkanes of at least 4 members (excludes halogenated alkanes) is 2. The van der Waals surface area contributed by atoms with Gasteiger partial charge in [-0.05, 0) is 57.1 Å². The summed E-state index contributed by atoms with van der Waals surface area (Å²) in [5.41, 5.74) is 1.39. The number of carbonyl (C=O) groups is 1. The second-order valence-electron chi connectivity index (χ2n) is 5.58. The molecule has 0 aliphatic rings. The molecule has 1 radical (unpaired) electrons. The molecule has 1 unspecified atom stereocenters. The summed E-state index contributed by atoms with van der Waals surface area (Å²) in [4.78, 5) is 12.5. The van der Waals surface area contributed by atoms with Crippen LogP contribution in [-0.4, -0.2) is 31.0 Å². The van der Waals surface area contributed by atoms with Gasteiger partial charge >= 0.3 is 0 Å². The van der Waals surface area contributed by atoms with Crippen LogP contribution in [0.3, 0.4) is 0 Å². The third-order valence-electron chi connectivity index (χ3n) is 3.65. The summed E-state index contributed by atoms with van der Waals surface area (Å²) >= 11 is 12.2. The second-order valence-corrected chi connectivity index (χ2v) is 7.64. The van der Waals surface area contributed by atoms with E-state index < -0.39 is 0 Å². The van der Waals surface area contributed by atoms with E-state index in [0.717, 1.165) is 29.6 Å². The summed E-state index contributed by atoms with van der Waals surface area (Å²) in [6.07, 6.45) is 3.41. The van der Waals surface area contributed by atoms with Crippen molar-refractivity contribution in [2.75, 3.05) is 6.61 Å². The van der Waals surface area contributed by atoms with E-state index in [0.29, 0.717) is 15.6 Å². The van der Waals surface area contributed by atoms with Crippen LogP contribution in [0, 0.1) is 6.92 Å². The largest absolute Gasteiger partial charge is 0.494 e. The Morgan fingerprint density at radius 2 is 1.80 bits per heavy atom. The van der Waals surface area contributed by atoms with Gasteiger partial charge in [0.25, 0.3) is 0 Å². The normalized spacial score (nSPS) is 10.7. The fourth-order valence-corrected chi connectivity index (χ4v) is 4.11. The fraction of sp³-hybridized carbons (Fsp3) is 0.316. The molecular weight excluding hydrogens is 369 g/mol. The number of hydrogen-bond acceptors (Lipinski definition) is 2. The minimum Gasteiger partial charge on any atom is -0.494 e. The van der Waals surface area contributed by atoms with E-state index in [9.17, 15) is 4.79 Å². The van der Waals surface area contributed by atoms with Gasteiger partial charge in [-0.1, -0.05) is 55.1 Å². The molecule has 0 bridgehead atoms. The molecule has 2 aromatic carbocycles. The van der Waals surface area contributed by atoms with Crippen molar-refractivity contribution >= 4 is 61.5 Å². The Labute approximate surface area is 173 Å². The molecule has 0 saturated carbocycles. The number of benzene rings is 2. The quantitative estimate of drug-likeness (QED) is 0.332. The molecule has 0 amide bonds. The van der Waals surface area contributed by atoms with Crippen LogP contribution in [0.1, 0.15) is 42.1 Å².